The number of carbonyl (C=O) groups excluding carboxylic acids is 1. The van der Waals surface area contributed by atoms with E-state index in [1.165, 1.54) is 0 Å². The normalized spacial score (nSPS) is 31.6. The highest BCUT2D eigenvalue weighted by Gasteiger charge is 2.64. The average molecular weight is 364 g/mol. The molecule has 0 aromatic heterocycles. The van der Waals surface area contributed by atoms with Crippen LogP contribution in [0.5, 0.6) is 0 Å². The lowest BCUT2D eigenvalue weighted by molar-refractivity contribution is -0.394. The molecule has 0 bridgehead atoms. The Morgan fingerprint density at radius 2 is 1.65 bits per heavy atom. The van der Waals surface area contributed by atoms with Gasteiger partial charge in [0.1, 0.15) is 6.10 Å². The van der Waals surface area contributed by atoms with Crippen LogP contribution >= 0.6 is 0 Å². The van der Waals surface area contributed by atoms with E-state index in [4.69, 9.17) is 4.74 Å². The van der Waals surface area contributed by atoms with Crippen molar-refractivity contribution in [3.05, 3.63) is 44.0 Å². The van der Waals surface area contributed by atoms with Crippen molar-refractivity contribution in [3.8, 4) is 0 Å². The fourth-order valence-corrected chi connectivity index (χ4v) is 4.09. The van der Waals surface area contributed by atoms with Gasteiger partial charge in [-0.3, -0.25) is 20.2 Å². The molecule has 2 aliphatic rings. The van der Waals surface area contributed by atoms with E-state index in [2.05, 4.69) is 13.8 Å². The fourth-order valence-electron chi connectivity index (χ4n) is 4.09. The molecule has 9 nitrogen and oxygen atoms in total. The molecule has 2 aliphatic carbocycles. The minimum Gasteiger partial charge on any atom is -0.456 e. The monoisotopic (exact) mass is 364 g/mol. The third kappa shape index (κ3) is 3.03. The Morgan fingerprint density at radius 3 is 2.15 bits per heavy atom. The zero-order valence-corrected chi connectivity index (χ0v) is 14.7. The highest BCUT2D eigenvalue weighted by atomic mass is 16.6. The van der Waals surface area contributed by atoms with E-state index in [1.807, 2.05) is 0 Å². The number of carbonyl (C=O) groups is 1. The van der Waals surface area contributed by atoms with Crippen LogP contribution in [-0.2, 0) is 4.74 Å². The summed E-state index contributed by atoms with van der Waals surface area (Å²) in [5.41, 5.74) is -2.54. The van der Waals surface area contributed by atoms with E-state index in [-0.39, 0.29) is 11.0 Å². The molecule has 1 N–H and O–H groups in total. The van der Waals surface area contributed by atoms with E-state index in [0.717, 1.165) is 18.2 Å². The molecule has 0 saturated heterocycles. The van der Waals surface area contributed by atoms with Gasteiger partial charge in [0.25, 0.3) is 11.4 Å². The number of nitrogens with zero attached hydrogens (tertiary/aromatic N) is 2. The van der Waals surface area contributed by atoms with Crippen molar-refractivity contribution in [2.75, 3.05) is 0 Å². The molecule has 2 fully saturated rings. The Balaban J connectivity index is 1.84. The maximum atomic E-state index is 12.5. The molecule has 0 amide bonds. The Labute approximate surface area is 149 Å². The van der Waals surface area contributed by atoms with Gasteiger partial charge in [0.15, 0.2) is 0 Å². The molecule has 1 aromatic rings. The zero-order chi connectivity index (χ0) is 19.4. The zero-order valence-electron chi connectivity index (χ0n) is 14.7. The van der Waals surface area contributed by atoms with Gasteiger partial charge in [0.05, 0.1) is 27.1 Å². The average Bonchev–Trinajstić information content (AvgIpc) is 3.05. The van der Waals surface area contributed by atoms with Crippen molar-refractivity contribution in [3.63, 3.8) is 0 Å². The van der Waals surface area contributed by atoms with Crippen LogP contribution in [0, 0.1) is 37.5 Å². The third-order valence-corrected chi connectivity index (χ3v) is 5.89. The summed E-state index contributed by atoms with van der Waals surface area (Å²) < 4.78 is 5.42. The van der Waals surface area contributed by atoms with Gasteiger partial charge in [-0.15, -0.1) is 0 Å². The van der Waals surface area contributed by atoms with Gasteiger partial charge in [-0.1, -0.05) is 13.8 Å². The Morgan fingerprint density at radius 1 is 1.12 bits per heavy atom. The maximum Gasteiger partial charge on any atom is 0.339 e. The van der Waals surface area contributed by atoms with Gasteiger partial charge in [-0.05, 0) is 37.0 Å². The summed E-state index contributed by atoms with van der Waals surface area (Å²) in [6.07, 6.45) is 0.224. The van der Waals surface area contributed by atoms with E-state index < -0.39 is 38.9 Å². The quantitative estimate of drug-likeness (QED) is 0.493. The molecular weight excluding hydrogens is 344 g/mol. The first-order valence-corrected chi connectivity index (χ1v) is 8.30. The lowest BCUT2D eigenvalue weighted by Gasteiger charge is -2.35. The smallest absolute Gasteiger partial charge is 0.339 e. The molecule has 2 unspecified atom stereocenters. The molecule has 140 valence electrons. The highest BCUT2D eigenvalue weighted by molar-refractivity contribution is 5.91. The number of nitro benzene ring substituents is 2. The summed E-state index contributed by atoms with van der Waals surface area (Å²) in [6, 6.07) is 2.67. The van der Waals surface area contributed by atoms with Crippen LogP contribution in [0.25, 0.3) is 0 Å². The summed E-state index contributed by atoms with van der Waals surface area (Å²) in [5, 5.41) is 32.6. The van der Waals surface area contributed by atoms with Gasteiger partial charge in [-0.2, -0.15) is 0 Å². The molecule has 1 aromatic carbocycles. The van der Waals surface area contributed by atoms with E-state index >= 15 is 0 Å². The first-order chi connectivity index (χ1) is 11.9. The second kappa shape index (κ2) is 5.73. The minimum atomic E-state index is -1.21. The summed E-state index contributed by atoms with van der Waals surface area (Å²) in [5.74, 6) is -0.217. The van der Waals surface area contributed by atoms with Crippen molar-refractivity contribution < 1.29 is 24.5 Å². The molecule has 0 aliphatic heterocycles. The number of nitro groups is 2. The van der Waals surface area contributed by atoms with Gasteiger partial charge >= 0.3 is 5.97 Å². The summed E-state index contributed by atoms with van der Waals surface area (Å²) >= 11 is 0. The van der Waals surface area contributed by atoms with E-state index in [0.29, 0.717) is 24.7 Å². The van der Waals surface area contributed by atoms with Crippen molar-refractivity contribution in [1.82, 2.24) is 0 Å². The first kappa shape index (κ1) is 18.2. The number of benzene rings is 1. The Hall–Kier alpha value is -2.55. The van der Waals surface area contributed by atoms with Crippen LogP contribution in [-0.4, -0.2) is 32.6 Å². The van der Waals surface area contributed by atoms with Gasteiger partial charge in [-0.25, -0.2) is 4.79 Å². The van der Waals surface area contributed by atoms with Crippen LogP contribution in [0.1, 0.15) is 44.0 Å². The van der Waals surface area contributed by atoms with Crippen LogP contribution in [0.2, 0.25) is 0 Å². The number of esters is 1. The van der Waals surface area contributed by atoms with Crippen molar-refractivity contribution >= 4 is 17.3 Å². The largest absolute Gasteiger partial charge is 0.456 e. The molecule has 3 rings (SSSR count). The van der Waals surface area contributed by atoms with Crippen LogP contribution in [0.3, 0.4) is 0 Å². The number of aliphatic hydroxyl groups is 1. The van der Waals surface area contributed by atoms with Crippen molar-refractivity contribution in [2.45, 2.75) is 45.3 Å². The number of rotatable bonds is 4. The molecular formula is C17H20N2O7. The lowest BCUT2D eigenvalue weighted by Crippen LogP contribution is -2.45. The molecule has 0 radical (unpaired) electrons. The minimum absolute atomic E-state index is 0.0788. The molecule has 9 heteroatoms. The van der Waals surface area contributed by atoms with Crippen LogP contribution in [0.4, 0.5) is 11.4 Å². The number of ether oxygens (including phenoxy) is 1. The number of hydrogen-bond donors (Lipinski definition) is 1. The predicted octanol–water partition coefficient (Wildman–Crippen LogP) is 2.85. The molecule has 0 spiro atoms. The van der Waals surface area contributed by atoms with Crippen molar-refractivity contribution in [1.29, 1.82) is 0 Å². The van der Waals surface area contributed by atoms with Gasteiger partial charge < -0.3 is 9.84 Å². The summed E-state index contributed by atoms with van der Waals surface area (Å²) in [4.78, 5) is 32.7. The predicted molar refractivity (Wildman–Crippen MR) is 89.6 cm³/mol. The van der Waals surface area contributed by atoms with E-state index in [9.17, 15) is 30.1 Å². The van der Waals surface area contributed by atoms with Gasteiger partial charge in [0, 0.05) is 12.1 Å². The van der Waals surface area contributed by atoms with Crippen LogP contribution < -0.4 is 0 Å². The molecule has 0 heterocycles. The Kier molecular flexibility index (Phi) is 4.02. The SMILES string of the molecule is CC1(C)C2C[C@@H](OC(=O)c3cc([N+](=O)[O-])cc([N+](=O)[O-])c3)[C@](C)(O)CC21. The Bertz CT molecular complexity index is 770. The summed E-state index contributed by atoms with van der Waals surface area (Å²) in [7, 11) is 0. The fraction of sp³-hybridized carbons (Fsp3) is 0.588. The topological polar surface area (TPSA) is 133 Å². The third-order valence-electron chi connectivity index (χ3n) is 5.89. The lowest BCUT2D eigenvalue weighted by atomic mass is 9.83. The molecule has 2 saturated carbocycles. The maximum absolute atomic E-state index is 12.5. The highest BCUT2D eigenvalue weighted by Crippen LogP contribution is 2.66. The number of non-ortho nitro benzene ring substituents is 2. The van der Waals surface area contributed by atoms with Crippen LogP contribution in [0.15, 0.2) is 18.2 Å². The molecule has 4 atom stereocenters. The molecule has 26 heavy (non-hydrogen) atoms. The van der Waals surface area contributed by atoms with Crippen molar-refractivity contribution in [2.24, 2.45) is 17.3 Å². The van der Waals surface area contributed by atoms with E-state index in [1.54, 1.807) is 6.92 Å². The standard InChI is InChI=1S/C17H20N2O7/c1-16(2)12-7-14(17(3,21)8-13(12)16)26-15(20)9-4-10(18(22)23)6-11(5-9)19(24)25/h4-6,12-14,21H,7-8H2,1-3H3/t12?,13?,14-,17-/m1/s1. The second-order valence-corrected chi connectivity index (χ2v) is 7.98. The second-order valence-electron chi connectivity index (χ2n) is 7.98. The number of fused-ring (bicyclic) bond motifs is 1. The first-order valence-electron chi connectivity index (χ1n) is 8.30. The summed E-state index contributed by atoms with van der Waals surface area (Å²) in [6.45, 7) is 5.81. The van der Waals surface area contributed by atoms with Gasteiger partial charge in [0.2, 0.25) is 0 Å². The number of hydrogen-bond acceptors (Lipinski definition) is 7.